The summed E-state index contributed by atoms with van der Waals surface area (Å²) in [5, 5.41) is 9.99. The Labute approximate surface area is 146 Å². The van der Waals surface area contributed by atoms with Crippen LogP contribution in [-0.4, -0.2) is 28.1 Å². The molecular weight excluding hydrogens is 324 g/mol. The molecule has 0 bridgehead atoms. The van der Waals surface area contributed by atoms with E-state index in [0.29, 0.717) is 24.0 Å². The largest absolute Gasteiger partial charge is 0.444 e. The Morgan fingerprint density at radius 2 is 1.75 bits per heavy atom. The first-order chi connectivity index (χ1) is 11.7. The van der Waals surface area contributed by atoms with Crippen molar-refractivity contribution in [3.05, 3.63) is 77.1 Å². The van der Waals surface area contributed by atoms with Gasteiger partial charge < -0.3 is 9.52 Å². The lowest BCUT2D eigenvalue weighted by Gasteiger charge is -2.20. The molecule has 0 saturated carbocycles. The smallest absolute Gasteiger partial charge is 0.226 e. The Morgan fingerprint density at radius 1 is 1.00 bits per heavy atom. The van der Waals surface area contributed by atoms with Gasteiger partial charge in [-0.05, 0) is 29.8 Å². The SMILES string of the molecule is OCCN(Cc1ccccc1)Cc1coc(-c2ccc(Cl)cc2)n1. The summed E-state index contributed by atoms with van der Waals surface area (Å²) in [5.74, 6) is 0.574. The molecule has 0 aliphatic rings. The van der Waals surface area contributed by atoms with Gasteiger partial charge in [0.15, 0.2) is 0 Å². The minimum Gasteiger partial charge on any atom is -0.444 e. The highest BCUT2D eigenvalue weighted by atomic mass is 35.5. The molecule has 0 fully saturated rings. The molecule has 0 aliphatic carbocycles. The van der Waals surface area contributed by atoms with Crippen LogP contribution in [0.25, 0.3) is 11.5 Å². The molecule has 0 atom stereocenters. The summed E-state index contributed by atoms with van der Waals surface area (Å²) < 4.78 is 5.58. The van der Waals surface area contributed by atoms with Crippen molar-refractivity contribution >= 4 is 11.6 Å². The predicted octanol–water partition coefficient (Wildman–Crippen LogP) is 3.99. The number of hydrogen-bond acceptors (Lipinski definition) is 4. The fraction of sp³-hybridized carbons (Fsp3) is 0.211. The number of oxazole rings is 1. The molecule has 1 heterocycles. The van der Waals surface area contributed by atoms with Gasteiger partial charge in [-0.25, -0.2) is 4.98 Å². The van der Waals surface area contributed by atoms with E-state index in [9.17, 15) is 5.11 Å². The van der Waals surface area contributed by atoms with E-state index in [2.05, 4.69) is 22.0 Å². The van der Waals surface area contributed by atoms with E-state index in [1.54, 1.807) is 6.26 Å². The molecule has 3 aromatic rings. The molecular formula is C19H19ClN2O2. The quantitative estimate of drug-likeness (QED) is 0.705. The van der Waals surface area contributed by atoms with Crippen LogP contribution in [0.15, 0.2) is 65.3 Å². The summed E-state index contributed by atoms with van der Waals surface area (Å²) in [6, 6.07) is 17.6. The van der Waals surface area contributed by atoms with Gasteiger partial charge in [-0.1, -0.05) is 41.9 Å². The Balaban J connectivity index is 1.70. The van der Waals surface area contributed by atoms with Crippen LogP contribution in [0.3, 0.4) is 0 Å². The summed E-state index contributed by atoms with van der Waals surface area (Å²) in [7, 11) is 0. The molecule has 1 aromatic heterocycles. The molecule has 0 saturated heterocycles. The highest BCUT2D eigenvalue weighted by Gasteiger charge is 2.11. The lowest BCUT2D eigenvalue weighted by atomic mass is 10.2. The molecule has 2 aromatic carbocycles. The third kappa shape index (κ3) is 4.45. The van der Waals surface area contributed by atoms with Crippen molar-refractivity contribution in [1.82, 2.24) is 9.88 Å². The summed E-state index contributed by atoms with van der Waals surface area (Å²) in [6.07, 6.45) is 1.67. The van der Waals surface area contributed by atoms with Crippen molar-refractivity contribution < 1.29 is 9.52 Å². The molecule has 0 aliphatic heterocycles. The first-order valence-corrected chi connectivity index (χ1v) is 8.20. The van der Waals surface area contributed by atoms with Crippen LogP contribution in [0.1, 0.15) is 11.3 Å². The van der Waals surface area contributed by atoms with E-state index in [-0.39, 0.29) is 6.61 Å². The van der Waals surface area contributed by atoms with Crippen molar-refractivity contribution in [1.29, 1.82) is 0 Å². The molecule has 4 nitrogen and oxygen atoms in total. The summed E-state index contributed by atoms with van der Waals surface area (Å²) in [4.78, 5) is 6.68. The predicted molar refractivity (Wildman–Crippen MR) is 94.6 cm³/mol. The van der Waals surface area contributed by atoms with E-state index in [0.717, 1.165) is 17.8 Å². The van der Waals surface area contributed by atoms with Crippen LogP contribution in [0, 0.1) is 0 Å². The van der Waals surface area contributed by atoms with Gasteiger partial charge in [0, 0.05) is 30.2 Å². The molecule has 124 valence electrons. The molecule has 0 spiro atoms. The fourth-order valence-corrected chi connectivity index (χ4v) is 2.66. The second kappa shape index (κ2) is 8.11. The monoisotopic (exact) mass is 342 g/mol. The maximum atomic E-state index is 9.30. The van der Waals surface area contributed by atoms with Gasteiger partial charge in [-0.15, -0.1) is 0 Å². The number of benzene rings is 2. The Bertz CT molecular complexity index is 757. The average molecular weight is 343 g/mol. The number of aliphatic hydroxyl groups excluding tert-OH is 1. The van der Waals surface area contributed by atoms with Gasteiger partial charge in [0.25, 0.3) is 0 Å². The van der Waals surface area contributed by atoms with Crippen molar-refractivity contribution in [2.75, 3.05) is 13.2 Å². The summed E-state index contributed by atoms with van der Waals surface area (Å²) in [6.45, 7) is 2.06. The van der Waals surface area contributed by atoms with Gasteiger partial charge in [0.2, 0.25) is 5.89 Å². The normalized spacial score (nSPS) is 11.1. The Hall–Kier alpha value is -2.14. The number of aromatic nitrogens is 1. The van der Waals surface area contributed by atoms with Crippen LogP contribution >= 0.6 is 11.6 Å². The van der Waals surface area contributed by atoms with Crippen LogP contribution in [0.4, 0.5) is 0 Å². The van der Waals surface area contributed by atoms with Crippen molar-refractivity contribution in [2.24, 2.45) is 0 Å². The lowest BCUT2D eigenvalue weighted by molar-refractivity contribution is 0.183. The van der Waals surface area contributed by atoms with E-state index in [1.807, 2.05) is 42.5 Å². The fourth-order valence-electron chi connectivity index (χ4n) is 2.53. The van der Waals surface area contributed by atoms with Crippen molar-refractivity contribution in [3.63, 3.8) is 0 Å². The first-order valence-electron chi connectivity index (χ1n) is 7.82. The number of hydrogen-bond donors (Lipinski definition) is 1. The Kier molecular flexibility index (Phi) is 5.64. The topological polar surface area (TPSA) is 49.5 Å². The molecule has 1 N–H and O–H groups in total. The van der Waals surface area contributed by atoms with E-state index < -0.39 is 0 Å². The second-order valence-corrected chi connectivity index (χ2v) is 6.01. The van der Waals surface area contributed by atoms with E-state index >= 15 is 0 Å². The van der Waals surface area contributed by atoms with Gasteiger partial charge in [-0.2, -0.15) is 0 Å². The number of aliphatic hydroxyl groups is 1. The molecule has 5 heteroatoms. The zero-order valence-corrected chi connectivity index (χ0v) is 14.0. The lowest BCUT2D eigenvalue weighted by Crippen LogP contribution is -2.26. The van der Waals surface area contributed by atoms with Crippen molar-refractivity contribution in [2.45, 2.75) is 13.1 Å². The van der Waals surface area contributed by atoms with Gasteiger partial charge >= 0.3 is 0 Å². The van der Waals surface area contributed by atoms with Gasteiger partial charge in [0.1, 0.15) is 6.26 Å². The Morgan fingerprint density at radius 3 is 2.46 bits per heavy atom. The standard InChI is InChI=1S/C19H19ClN2O2/c20-17-8-6-16(7-9-17)19-21-18(14-24-19)13-22(10-11-23)12-15-4-2-1-3-5-15/h1-9,14,23H,10-13H2. The third-order valence-corrected chi connectivity index (χ3v) is 3.95. The molecule has 0 unspecified atom stereocenters. The summed E-state index contributed by atoms with van der Waals surface area (Å²) >= 11 is 5.90. The highest BCUT2D eigenvalue weighted by Crippen LogP contribution is 2.21. The second-order valence-electron chi connectivity index (χ2n) is 5.57. The number of nitrogens with zero attached hydrogens (tertiary/aromatic N) is 2. The number of rotatable bonds is 7. The van der Waals surface area contributed by atoms with Crippen molar-refractivity contribution in [3.8, 4) is 11.5 Å². The molecule has 0 amide bonds. The third-order valence-electron chi connectivity index (χ3n) is 3.69. The van der Waals surface area contributed by atoms with Gasteiger partial charge in [0.05, 0.1) is 12.3 Å². The summed E-state index contributed by atoms with van der Waals surface area (Å²) in [5.41, 5.74) is 2.93. The first kappa shape index (κ1) is 16.7. The van der Waals surface area contributed by atoms with E-state index in [1.165, 1.54) is 5.56 Å². The maximum Gasteiger partial charge on any atom is 0.226 e. The molecule has 0 radical (unpaired) electrons. The minimum absolute atomic E-state index is 0.106. The molecule has 3 rings (SSSR count). The van der Waals surface area contributed by atoms with Crippen LogP contribution in [-0.2, 0) is 13.1 Å². The number of halogens is 1. The highest BCUT2D eigenvalue weighted by molar-refractivity contribution is 6.30. The van der Waals surface area contributed by atoms with E-state index in [4.69, 9.17) is 16.0 Å². The van der Waals surface area contributed by atoms with Crippen LogP contribution in [0.2, 0.25) is 5.02 Å². The zero-order valence-electron chi connectivity index (χ0n) is 13.2. The van der Waals surface area contributed by atoms with Crippen LogP contribution < -0.4 is 0 Å². The zero-order chi connectivity index (χ0) is 16.8. The molecule has 24 heavy (non-hydrogen) atoms. The van der Waals surface area contributed by atoms with Gasteiger partial charge in [-0.3, -0.25) is 4.90 Å². The maximum absolute atomic E-state index is 9.30. The van der Waals surface area contributed by atoms with Crippen LogP contribution in [0.5, 0.6) is 0 Å². The minimum atomic E-state index is 0.106. The average Bonchev–Trinajstić information content (AvgIpc) is 3.05.